The summed E-state index contributed by atoms with van der Waals surface area (Å²) in [7, 11) is 0. The fraction of sp³-hybridized carbons (Fsp3) is 0.412. The predicted molar refractivity (Wildman–Crippen MR) is 155 cm³/mol. The van der Waals surface area contributed by atoms with Crippen molar-refractivity contribution in [2.24, 2.45) is 0 Å². The van der Waals surface area contributed by atoms with Crippen molar-refractivity contribution >= 4 is 11.8 Å². The summed E-state index contributed by atoms with van der Waals surface area (Å²) in [6.45, 7) is 4.64. The molecule has 0 bridgehead atoms. The highest BCUT2D eigenvalue weighted by Gasteiger charge is 2.32. The van der Waals surface area contributed by atoms with E-state index >= 15 is 0 Å². The van der Waals surface area contributed by atoms with Crippen molar-refractivity contribution < 1.29 is 9.59 Å². The quantitative estimate of drug-likeness (QED) is 0.317. The van der Waals surface area contributed by atoms with E-state index in [1.807, 2.05) is 47.4 Å². The van der Waals surface area contributed by atoms with E-state index in [2.05, 4.69) is 55.6 Å². The summed E-state index contributed by atoms with van der Waals surface area (Å²) in [6.07, 6.45) is 8.11. The van der Waals surface area contributed by atoms with Gasteiger partial charge in [0, 0.05) is 25.4 Å². The third-order valence-corrected chi connectivity index (χ3v) is 7.88. The van der Waals surface area contributed by atoms with E-state index in [9.17, 15) is 9.59 Å². The van der Waals surface area contributed by atoms with Crippen LogP contribution in [0.1, 0.15) is 73.3 Å². The van der Waals surface area contributed by atoms with Gasteiger partial charge in [0.25, 0.3) is 0 Å². The fourth-order valence-electron chi connectivity index (χ4n) is 5.41. The van der Waals surface area contributed by atoms with E-state index in [1.54, 1.807) is 0 Å². The first kappa shape index (κ1) is 27.6. The van der Waals surface area contributed by atoms with Gasteiger partial charge >= 0.3 is 0 Å². The summed E-state index contributed by atoms with van der Waals surface area (Å²) >= 11 is 0. The Labute approximate surface area is 228 Å². The molecule has 1 atom stereocenters. The van der Waals surface area contributed by atoms with Crippen molar-refractivity contribution in [3.05, 3.63) is 107 Å². The lowest BCUT2D eigenvalue weighted by atomic mass is 9.94. The molecule has 4 heteroatoms. The van der Waals surface area contributed by atoms with Gasteiger partial charge in [-0.25, -0.2) is 0 Å². The summed E-state index contributed by atoms with van der Waals surface area (Å²) in [5, 5.41) is 3.33. The van der Waals surface area contributed by atoms with E-state index in [0.29, 0.717) is 25.8 Å². The zero-order valence-corrected chi connectivity index (χ0v) is 23.0. The third-order valence-electron chi connectivity index (χ3n) is 7.88. The number of rotatable bonds is 11. The number of hydrogen-bond donors (Lipinski definition) is 1. The van der Waals surface area contributed by atoms with Gasteiger partial charge in [-0.1, -0.05) is 105 Å². The molecule has 4 rings (SSSR count). The van der Waals surface area contributed by atoms with Crippen molar-refractivity contribution in [1.82, 2.24) is 10.2 Å². The molecule has 0 spiro atoms. The Kier molecular flexibility index (Phi) is 10.1. The van der Waals surface area contributed by atoms with Crippen molar-refractivity contribution in [2.45, 2.75) is 90.3 Å². The highest BCUT2D eigenvalue weighted by Crippen LogP contribution is 2.21. The SMILES string of the molecule is CCc1ccc(CCC(=O)N(Cc2ccccc2C)C(Cc2ccccc2)C(=O)NC2CCCCC2)cc1. The monoisotopic (exact) mass is 510 g/mol. The normalized spacial score (nSPS) is 14.6. The Bertz CT molecular complexity index is 1170. The van der Waals surface area contributed by atoms with E-state index in [0.717, 1.165) is 54.4 Å². The van der Waals surface area contributed by atoms with Gasteiger partial charge < -0.3 is 10.2 Å². The summed E-state index contributed by atoms with van der Waals surface area (Å²) in [5.41, 5.74) is 5.72. The Morgan fingerprint density at radius 2 is 1.50 bits per heavy atom. The maximum absolute atomic E-state index is 13.9. The van der Waals surface area contributed by atoms with Gasteiger partial charge in [0.05, 0.1) is 0 Å². The first-order chi connectivity index (χ1) is 18.5. The molecule has 0 saturated heterocycles. The molecular formula is C34H42N2O2. The van der Waals surface area contributed by atoms with Crippen LogP contribution in [0.2, 0.25) is 0 Å². The summed E-state index contributed by atoms with van der Waals surface area (Å²) < 4.78 is 0. The molecule has 1 N–H and O–H groups in total. The molecule has 1 aliphatic carbocycles. The van der Waals surface area contributed by atoms with Crippen LogP contribution in [0.5, 0.6) is 0 Å². The Morgan fingerprint density at radius 3 is 2.18 bits per heavy atom. The van der Waals surface area contributed by atoms with Gasteiger partial charge in [0.15, 0.2) is 0 Å². The maximum atomic E-state index is 13.9. The van der Waals surface area contributed by atoms with E-state index in [1.165, 1.54) is 12.0 Å². The molecule has 3 aromatic carbocycles. The van der Waals surface area contributed by atoms with Crippen LogP contribution >= 0.6 is 0 Å². The highest BCUT2D eigenvalue weighted by atomic mass is 16.2. The number of nitrogens with zero attached hydrogens (tertiary/aromatic N) is 1. The first-order valence-electron chi connectivity index (χ1n) is 14.3. The molecule has 1 saturated carbocycles. The van der Waals surface area contributed by atoms with E-state index in [4.69, 9.17) is 0 Å². The summed E-state index contributed by atoms with van der Waals surface area (Å²) in [5.74, 6) is -0.0115. The van der Waals surface area contributed by atoms with Gasteiger partial charge in [0.2, 0.25) is 11.8 Å². The standard InChI is InChI=1S/C34H42N2O2/c1-3-27-18-20-28(21-19-27)22-23-33(37)36(25-30-15-11-10-12-26(30)2)32(24-29-13-6-4-7-14-29)34(38)35-31-16-8-5-9-17-31/h4,6-7,10-15,18-21,31-32H,3,5,8-9,16-17,22-25H2,1-2H3,(H,35,38). The molecule has 1 unspecified atom stereocenters. The van der Waals surface area contributed by atoms with Crippen LogP contribution < -0.4 is 5.32 Å². The van der Waals surface area contributed by atoms with Gasteiger partial charge in [0.1, 0.15) is 6.04 Å². The molecule has 38 heavy (non-hydrogen) atoms. The lowest BCUT2D eigenvalue weighted by molar-refractivity contribution is -0.141. The topological polar surface area (TPSA) is 49.4 Å². The van der Waals surface area contributed by atoms with Crippen molar-refractivity contribution in [3.63, 3.8) is 0 Å². The van der Waals surface area contributed by atoms with Crippen LogP contribution in [-0.4, -0.2) is 28.8 Å². The summed E-state index contributed by atoms with van der Waals surface area (Å²) in [6, 6.07) is 26.4. The zero-order valence-electron chi connectivity index (χ0n) is 23.0. The minimum absolute atomic E-state index is 0.0209. The van der Waals surface area contributed by atoms with Crippen LogP contribution in [-0.2, 0) is 35.4 Å². The Hall–Kier alpha value is -3.40. The van der Waals surface area contributed by atoms with E-state index < -0.39 is 6.04 Å². The summed E-state index contributed by atoms with van der Waals surface area (Å²) in [4.78, 5) is 29.6. The minimum atomic E-state index is -0.561. The van der Waals surface area contributed by atoms with Crippen LogP contribution in [0.15, 0.2) is 78.9 Å². The second-order valence-electron chi connectivity index (χ2n) is 10.7. The van der Waals surface area contributed by atoms with Crippen LogP contribution in [0, 0.1) is 6.92 Å². The van der Waals surface area contributed by atoms with Crippen LogP contribution in [0.25, 0.3) is 0 Å². The molecule has 0 radical (unpaired) electrons. The molecule has 2 amide bonds. The molecule has 0 heterocycles. The van der Waals surface area contributed by atoms with Crippen molar-refractivity contribution in [1.29, 1.82) is 0 Å². The lowest BCUT2D eigenvalue weighted by Crippen LogP contribution is -2.53. The second-order valence-corrected chi connectivity index (χ2v) is 10.7. The Balaban J connectivity index is 1.60. The molecule has 4 nitrogen and oxygen atoms in total. The van der Waals surface area contributed by atoms with Gasteiger partial charge in [-0.2, -0.15) is 0 Å². The molecule has 3 aromatic rings. The predicted octanol–water partition coefficient (Wildman–Crippen LogP) is 6.58. The number of aryl methyl sites for hydroxylation is 3. The average molecular weight is 511 g/mol. The number of carbonyl (C=O) groups excluding carboxylic acids is 2. The third kappa shape index (κ3) is 7.80. The molecule has 200 valence electrons. The fourth-order valence-corrected chi connectivity index (χ4v) is 5.41. The minimum Gasteiger partial charge on any atom is -0.352 e. The van der Waals surface area contributed by atoms with Gasteiger partial charge in [-0.3, -0.25) is 9.59 Å². The number of amides is 2. The van der Waals surface area contributed by atoms with Crippen LogP contribution in [0.3, 0.4) is 0 Å². The van der Waals surface area contributed by atoms with Crippen LogP contribution in [0.4, 0.5) is 0 Å². The molecule has 1 fully saturated rings. The zero-order chi connectivity index (χ0) is 26.7. The van der Waals surface area contributed by atoms with Crippen molar-refractivity contribution in [2.75, 3.05) is 0 Å². The number of hydrogen-bond acceptors (Lipinski definition) is 2. The second kappa shape index (κ2) is 13.9. The average Bonchev–Trinajstić information content (AvgIpc) is 2.96. The highest BCUT2D eigenvalue weighted by molar-refractivity contribution is 5.88. The Morgan fingerprint density at radius 1 is 0.842 bits per heavy atom. The van der Waals surface area contributed by atoms with Gasteiger partial charge in [-0.05, 0) is 60.4 Å². The molecule has 0 aliphatic heterocycles. The van der Waals surface area contributed by atoms with Gasteiger partial charge in [-0.15, -0.1) is 0 Å². The molecule has 0 aromatic heterocycles. The number of nitrogens with one attached hydrogen (secondary N) is 1. The molecule has 1 aliphatic rings. The molecular weight excluding hydrogens is 468 g/mol. The largest absolute Gasteiger partial charge is 0.352 e. The van der Waals surface area contributed by atoms with E-state index in [-0.39, 0.29) is 17.9 Å². The first-order valence-corrected chi connectivity index (χ1v) is 14.3. The van der Waals surface area contributed by atoms with Crippen molar-refractivity contribution in [3.8, 4) is 0 Å². The smallest absolute Gasteiger partial charge is 0.243 e. The maximum Gasteiger partial charge on any atom is 0.243 e. The number of benzene rings is 3. The number of carbonyl (C=O) groups is 2. The lowest BCUT2D eigenvalue weighted by Gasteiger charge is -2.34.